The fraction of sp³-hybridized carbons (Fsp3) is 0.176. The molecule has 0 heterocycles. The zero-order valence-electron chi connectivity index (χ0n) is 12.3. The van der Waals surface area contributed by atoms with Crippen molar-refractivity contribution in [2.24, 2.45) is 0 Å². The van der Waals surface area contributed by atoms with Crippen molar-refractivity contribution in [3.63, 3.8) is 0 Å². The summed E-state index contributed by atoms with van der Waals surface area (Å²) in [6.45, 7) is 0. The first-order chi connectivity index (χ1) is 11.0. The summed E-state index contributed by atoms with van der Waals surface area (Å²) in [4.78, 5) is 23.0. The minimum absolute atomic E-state index is 0.221. The van der Waals surface area contributed by atoms with Crippen molar-refractivity contribution < 1.29 is 19.8 Å². The molecule has 0 fully saturated rings. The Kier molecular flexibility index (Phi) is 5.65. The van der Waals surface area contributed by atoms with Gasteiger partial charge in [0.15, 0.2) is 0 Å². The van der Waals surface area contributed by atoms with Gasteiger partial charge in [0.2, 0.25) is 5.91 Å². The summed E-state index contributed by atoms with van der Waals surface area (Å²) < 4.78 is 0. The SMILES string of the molecule is O=C(CCc1ccccc1CS)Nc1ccc(O)c(C(=O)O)c1. The van der Waals surface area contributed by atoms with Gasteiger partial charge in [-0.25, -0.2) is 4.79 Å². The number of amides is 1. The highest BCUT2D eigenvalue weighted by molar-refractivity contribution is 7.79. The number of nitrogens with one attached hydrogen (secondary N) is 1. The predicted octanol–water partition coefficient (Wildman–Crippen LogP) is 3.09. The molecule has 120 valence electrons. The molecule has 2 rings (SSSR count). The molecule has 0 aliphatic carbocycles. The minimum Gasteiger partial charge on any atom is -0.507 e. The van der Waals surface area contributed by atoms with E-state index in [2.05, 4.69) is 17.9 Å². The fourth-order valence-corrected chi connectivity index (χ4v) is 2.52. The van der Waals surface area contributed by atoms with E-state index in [-0.39, 0.29) is 23.6 Å². The molecule has 2 aromatic carbocycles. The Morgan fingerprint density at radius 2 is 1.78 bits per heavy atom. The average Bonchev–Trinajstić information content (AvgIpc) is 2.54. The van der Waals surface area contributed by atoms with E-state index in [1.54, 1.807) is 0 Å². The number of carboxylic acids is 1. The van der Waals surface area contributed by atoms with Crippen molar-refractivity contribution in [3.8, 4) is 5.75 Å². The fourth-order valence-electron chi connectivity index (χ4n) is 2.21. The standard InChI is InChI=1S/C17H17NO4S/c19-15-7-6-13(9-14(15)17(21)22)18-16(20)8-5-11-3-1-2-4-12(11)10-23/h1-4,6-7,9,19,23H,5,8,10H2,(H,18,20)(H,21,22). The van der Waals surface area contributed by atoms with E-state index in [4.69, 9.17) is 5.11 Å². The first-order valence-electron chi connectivity index (χ1n) is 7.05. The number of carbonyl (C=O) groups excluding carboxylic acids is 1. The van der Waals surface area contributed by atoms with E-state index in [1.165, 1.54) is 18.2 Å². The Balaban J connectivity index is 2.00. The lowest BCUT2D eigenvalue weighted by molar-refractivity contribution is -0.116. The summed E-state index contributed by atoms with van der Waals surface area (Å²) >= 11 is 4.26. The third-order valence-electron chi connectivity index (χ3n) is 3.42. The summed E-state index contributed by atoms with van der Waals surface area (Å²) in [6, 6.07) is 11.7. The van der Waals surface area contributed by atoms with Crippen LogP contribution in [0.2, 0.25) is 0 Å². The van der Waals surface area contributed by atoms with Crippen molar-refractivity contribution in [2.45, 2.75) is 18.6 Å². The van der Waals surface area contributed by atoms with E-state index in [9.17, 15) is 14.7 Å². The van der Waals surface area contributed by atoms with E-state index in [1.807, 2.05) is 24.3 Å². The lowest BCUT2D eigenvalue weighted by Gasteiger charge is -2.09. The Morgan fingerprint density at radius 1 is 1.09 bits per heavy atom. The van der Waals surface area contributed by atoms with Gasteiger partial charge in [-0.15, -0.1) is 0 Å². The molecule has 1 amide bonds. The number of aromatic hydroxyl groups is 1. The number of hydrogen-bond donors (Lipinski definition) is 4. The lowest BCUT2D eigenvalue weighted by Crippen LogP contribution is -2.13. The van der Waals surface area contributed by atoms with E-state index in [0.29, 0.717) is 17.9 Å². The van der Waals surface area contributed by atoms with Crippen molar-refractivity contribution in [1.29, 1.82) is 0 Å². The van der Waals surface area contributed by atoms with Crippen LogP contribution in [0.15, 0.2) is 42.5 Å². The number of aryl methyl sites for hydroxylation is 1. The number of carbonyl (C=O) groups is 2. The highest BCUT2D eigenvalue weighted by atomic mass is 32.1. The third kappa shape index (κ3) is 4.50. The van der Waals surface area contributed by atoms with Crippen LogP contribution in [-0.4, -0.2) is 22.1 Å². The van der Waals surface area contributed by atoms with Gasteiger partial charge in [0.05, 0.1) is 0 Å². The molecule has 0 atom stereocenters. The molecule has 5 nitrogen and oxygen atoms in total. The van der Waals surface area contributed by atoms with Gasteiger partial charge in [-0.2, -0.15) is 12.6 Å². The van der Waals surface area contributed by atoms with Crippen molar-refractivity contribution in [1.82, 2.24) is 0 Å². The van der Waals surface area contributed by atoms with Crippen LogP contribution in [0.4, 0.5) is 5.69 Å². The Bertz CT molecular complexity index is 730. The number of hydrogen-bond acceptors (Lipinski definition) is 4. The molecule has 0 radical (unpaired) electrons. The highest BCUT2D eigenvalue weighted by Gasteiger charge is 2.12. The molecule has 23 heavy (non-hydrogen) atoms. The molecule has 0 bridgehead atoms. The van der Waals surface area contributed by atoms with Gasteiger partial charge < -0.3 is 15.5 Å². The van der Waals surface area contributed by atoms with Gasteiger partial charge in [-0.3, -0.25) is 4.79 Å². The van der Waals surface area contributed by atoms with Gasteiger partial charge in [-0.1, -0.05) is 24.3 Å². The number of carboxylic acid groups (broad SMARTS) is 1. The smallest absolute Gasteiger partial charge is 0.339 e. The average molecular weight is 331 g/mol. The van der Waals surface area contributed by atoms with Gasteiger partial charge >= 0.3 is 5.97 Å². The monoisotopic (exact) mass is 331 g/mol. The largest absolute Gasteiger partial charge is 0.507 e. The molecule has 2 aromatic rings. The zero-order valence-corrected chi connectivity index (χ0v) is 13.2. The first-order valence-corrected chi connectivity index (χ1v) is 7.68. The second-order valence-electron chi connectivity index (χ2n) is 5.01. The topological polar surface area (TPSA) is 86.6 Å². The van der Waals surface area contributed by atoms with Gasteiger partial charge in [-0.05, 0) is 35.7 Å². The molecule has 0 aliphatic heterocycles. The van der Waals surface area contributed by atoms with Crippen LogP contribution in [0, 0.1) is 0 Å². The molecule has 3 N–H and O–H groups in total. The lowest BCUT2D eigenvalue weighted by atomic mass is 10.0. The maximum absolute atomic E-state index is 12.0. The predicted molar refractivity (Wildman–Crippen MR) is 91.1 cm³/mol. The second kappa shape index (κ2) is 7.69. The number of anilines is 1. The Hall–Kier alpha value is -2.47. The van der Waals surface area contributed by atoms with Crippen molar-refractivity contribution >= 4 is 30.2 Å². The van der Waals surface area contributed by atoms with Gasteiger partial charge in [0.1, 0.15) is 11.3 Å². The summed E-state index contributed by atoms with van der Waals surface area (Å²) in [7, 11) is 0. The van der Waals surface area contributed by atoms with Crippen LogP contribution in [0.25, 0.3) is 0 Å². The molecule has 0 saturated heterocycles. The molecule has 0 aliphatic rings. The molecule has 0 spiro atoms. The summed E-state index contributed by atoms with van der Waals surface area (Å²) in [6.07, 6.45) is 0.848. The van der Waals surface area contributed by atoms with E-state index in [0.717, 1.165) is 11.1 Å². The first kappa shape index (κ1) is 16.9. The maximum Gasteiger partial charge on any atom is 0.339 e. The Morgan fingerprint density at radius 3 is 2.43 bits per heavy atom. The number of thiol groups is 1. The van der Waals surface area contributed by atoms with Crippen molar-refractivity contribution in [3.05, 3.63) is 59.2 Å². The summed E-state index contributed by atoms with van der Waals surface area (Å²) in [5.74, 6) is -1.20. The van der Waals surface area contributed by atoms with Crippen molar-refractivity contribution in [2.75, 3.05) is 5.32 Å². The molecular weight excluding hydrogens is 314 g/mol. The van der Waals surface area contributed by atoms with E-state index >= 15 is 0 Å². The quantitative estimate of drug-likeness (QED) is 0.484. The zero-order chi connectivity index (χ0) is 16.8. The Labute approximate surface area is 139 Å². The number of benzene rings is 2. The summed E-state index contributed by atoms with van der Waals surface area (Å²) in [5.41, 5.74) is 2.24. The van der Waals surface area contributed by atoms with Crippen LogP contribution < -0.4 is 5.32 Å². The minimum atomic E-state index is -1.25. The van der Waals surface area contributed by atoms with Crippen LogP contribution >= 0.6 is 12.6 Å². The highest BCUT2D eigenvalue weighted by Crippen LogP contribution is 2.21. The van der Waals surface area contributed by atoms with Gasteiger partial charge in [0.25, 0.3) is 0 Å². The third-order valence-corrected chi connectivity index (χ3v) is 3.76. The summed E-state index contributed by atoms with van der Waals surface area (Å²) in [5, 5.41) is 21.0. The molecule has 0 unspecified atom stereocenters. The molecular formula is C17H17NO4S. The number of aromatic carboxylic acids is 1. The van der Waals surface area contributed by atoms with Crippen LogP contribution in [-0.2, 0) is 17.0 Å². The molecule has 6 heteroatoms. The normalized spacial score (nSPS) is 10.3. The van der Waals surface area contributed by atoms with Gasteiger partial charge in [0, 0.05) is 17.9 Å². The number of phenols is 1. The molecule has 0 saturated carbocycles. The van der Waals surface area contributed by atoms with E-state index < -0.39 is 5.97 Å². The molecule has 0 aromatic heterocycles. The van der Waals surface area contributed by atoms with Crippen LogP contribution in [0.5, 0.6) is 5.75 Å². The maximum atomic E-state index is 12.0. The number of rotatable bonds is 6. The van der Waals surface area contributed by atoms with Crippen LogP contribution in [0.1, 0.15) is 27.9 Å². The second-order valence-corrected chi connectivity index (χ2v) is 5.33. The van der Waals surface area contributed by atoms with Crippen LogP contribution in [0.3, 0.4) is 0 Å².